The molecule has 1 fully saturated rings. The molecule has 0 spiro atoms. The maximum absolute atomic E-state index is 13.5. The Morgan fingerprint density at radius 1 is 1.11 bits per heavy atom. The summed E-state index contributed by atoms with van der Waals surface area (Å²) >= 11 is 0. The molecule has 0 saturated heterocycles. The standard InChI is InChI=1S/C28H30N6O2/c1-4-17(2)31-27(35)21-9-7-8-19(14-21)16-30-28(36)22-15-23(20-11-12-20)32-26-25(22)18(3)33-34(26)24-10-5-6-13-29-24/h5-10,13-15,17,20H,4,11-12,16H2,1-3H3,(H,30,36)(H,31,35). The lowest BCUT2D eigenvalue weighted by Gasteiger charge is -2.12. The van der Waals surface area contributed by atoms with Crippen molar-refractivity contribution in [2.24, 2.45) is 0 Å². The largest absolute Gasteiger partial charge is 0.350 e. The van der Waals surface area contributed by atoms with Gasteiger partial charge in [-0.05, 0) is 69.0 Å². The summed E-state index contributed by atoms with van der Waals surface area (Å²) in [6.45, 7) is 6.20. The quantitative estimate of drug-likeness (QED) is 0.386. The fourth-order valence-corrected chi connectivity index (χ4v) is 4.22. The number of pyridine rings is 2. The summed E-state index contributed by atoms with van der Waals surface area (Å²) in [5.74, 6) is 0.728. The van der Waals surface area contributed by atoms with E-state index >= 15 is 0 Å². The number of benzene rings is 1. The van der Waals surface area contributed by atoms with E-state index in [1.54, 1.807) is 16.9 Å². The lowest BCUT2D eigenvalue weighted by molar-refractivity contribution is 0.0937. The number of rotatable bonds is 8. The van der Waals surface area contributed by atoms with Crippen molar-refractivity contribution < 1.29 is 9.59 Å². The zero-order chi connectivity index (χ0) is 25.2. The van der Waals surface area contributed by atoms with Crippen molar-refractivity contribution in [1.29, 1.82) is 0 Å². The Labute approximate surface area is 210 Å². The van der Waals surface area contributed by atoms with E-state index in [4.69, 9.17) is 4.98 Å². The van der Waals surface area contributed by atoms with E-state index in [1.807, 2.05) is 63.2 Å². The van der Waals surface area contributed by atoms with E-state index in [0.717, 1.165) is 41.6 Å². The molecule has 3 heterocycles. The Morgan fingerprint density at radius 2 is 1.94 bits per heavy atom. The van der Waals surface area contributed by atoms with Crippen molar-refractivity contribution in [3.8, 4) is 5.82 Å². The first-order valence-corrected chi connectivity index (χ1v) is 12.4. The molecule has 2 N–H and O–H groups in total. The molecular weight excluding hydrogens is 452 g/mol. The molecule has 36 heavy (non-hydrogen) atoms. The van der Waals surface area contributed by atoms with Gasteiger partial charge in [0, 0.05) is 36.0 Å². The third-order valence-electron chi connectivity index (χ3n) is 6.57. The van der Waals surface area contributed by atoms with Gasteiger partial charge in [-0.15, -0.1) is 0 Å². The molecule has 1 unspecified atom stereocenters. The molecule has 5 rings (SSSR count). The first-order valence-electron chi connectivity index (χ1n) is 12.4. The number of aromatic nitrogens is 4. The molecular formula is C28H30N6O2. The monoisotopic (exact) mass is 482 g/mol. The number of amides is 2. The molecule has 8 nitrogen and oxygen atoms in total. The zero-order valence-corrected chi connectivity index (χ0v) is 20.8. The van der Waals surface area contributed by atoms with Crippen molar-refractivity contribution in [2.75, 3.05) is 0 Å². The first-order chi connectivity index (χ1) is 17.4. The van der Waals surface area contributed by atoms with Gasteiger partial charge < -0.3 is 10.6 Å². The van der Waals surface area contributed by atoms with Crippen molar-refractivity contribution in [2.45, 2.75) is 58.5 Å². The molecule has 1 aliphatic rings. The highest BCUT2D eigenvalue weighted by atomic mass is 16.2. The van der Waals surface area contributed by atoms with Gasteiger partial charge in [-0.2, -0.15) is 9.78 Å². The molecule has 1 aromatic carbocycles. The van der Waals surface area contributed by atoms with Gasteiger partial charge in [0.25, 0.3) is 11.8 Å². The van der Waals surface area contributed by atoms with Crippen molar-refractivity contribution in [3.63, 3.8) is 0 Å². The van der Waals surface area contributed by atoms with Crippen LogP contribution in [-0.2, 0) is 6.54 Å². The Hall–Kier alpha value is -4.07. The maximum atomic E-state index is 13.5. The van der Waals surface area contributed by atoms with Gasteiger partial charge in [-0.1, -0.05) is 25.1 Å². The second-order valence-corrected chi connectivity index (χ2v) is 9.42. The van der Waals surface area contributed by atoms with Crippen LogP contribution in [0.1, 0.15) is 76.7 Å². The van der Waals surface area contributed by atoms with Gasteiger partial charge >= 0.3 is 0 Å². The molecule has 4 aromatic rings. The minimum atomic E-state index is -0.192. The van der Waals surface area contributed by atoms with Crippen LogP contribution in [0.4, 0.5) is 0 Å². The van der Waals surface area contributed by atoms with E-state index in [0.29, 0.717) is 35.1 Å². The van der Waals surface area contributed by atoms with Crippen LogP contribution in [-0.4, -0.2) is 37.6 Å². The van der Waals surface area contributed by atoms with Gasteiger partial charge in [-0.3, -0.25) is 9.59 Å². The zero-order valence-electron chi connectivity index (χ0n) is 20.8. The Morgan fingerprint density at radius 3 is 2.67 bits per heavy atom. The smallest absolute Gasteiger partial charge is 0.252 e. The molecule has 2 amide bonds. The average molecular weight is 483 g/mol. The molecule has 0 bridgehead atoms. The molecule has 0 aliphatic heterocycles. The third-order valence-corrected chi connectivity index (χ3v) is 6.57. The van der Waals surface area contributed by atoms with Gasteiger partial charge in [0.05, 0.1) is 16.6 Å². The summed E-state index contributed by atoms with van der Waals surface area (Å²) in [5, 5.41) is 11.4. The summed E-state index contributed by atoms with van der Waals surface area (Å²) in [6.07, 6.45) is 4.72. The third kappa shape index (κ3) is 4.84. The topological polar surface area (TPSA) is 102 Å². The van der Waals surface area contributed by atoms with E-state index in [-0.39, 0.29) is 17.9 Å². The maximum Gasteiger partial charge on any atom is 0.252 e. The Bertz CT molecular complexity index is 1430. The van der Waals surface area contributed by atoms with Crippen LogP contribution >= 0.6 is 0 Å². The van der Waals surface area contributed by atoms with E-state index in [2.05, 4.69) is 20.7 Å². The summed E-state index contributed by atoms with van der Waals surface area (Å²) in [7, 11) is 0. The van der Waals surface area contributed by atoms with Crippen LogP contribution in [0, 0.1) is 6.92 Å². The predicted octanol–water partition coefficient (Wildman–Crippen LogP) is 4.46. The van der Waals surface area contributed by atoms with Gasteiger partial charge in [0.1, 0.15) is 0 Å². The van der Waals surface area contributed by atoms with Crippen LogP contribution < -0.4 is 10.6 Å². The van der Waals surface area contributed by atoms with E-state index < -0.39 is 0 Å². The molecule has 184 valence electrons. The van der Waals surface area contributed by atoms with Crippen LogP contribution in [0.25, 0.3) is 16.9 Å². The Balaban J connectivity index is 1.43. The van der Waals surface area contributed by atoms with Crippen LogP contribution in [0.15, 0.2) is 54.7 Å². The number of fused-ring (bicyclic) bond motifs is 1. The number of nitrogens with one attached hydrogen (secondary N) is 2. The van der Waals surface area contributed by atoms with Crippen molar-refractivity contribution in [3.05, 3.63) is 82.8 Å². The number of hydrogen-bond donors (Lipinski definition) is 2. The van der Waals surface area contributed by atoms with E-state index in [1.165, 1.54) is 0 Å². The second kappa shape index (κ2) is 9.89. The fraction of sp³-hybridized carbons (Fsp3) is 0.321. The normalized spacial score (nSPS) is 14.0. The minimum Gasteiger partial charge on any atom is -0.350 e. The van der Waals surface area contributed by atoms with Crippen molar-refractivity contribution >= 4 is 22.8 Å². The summed E-state index contributed by atoms with van der Waals surface area (Å²) < 4.78 is 1.71. The average Bonchev–Trinajstić information content (AvgIpc) is 3.70. The number of carbonyl (C=O) groups is 2. The molecule has 1 atom stereocenters. The lowest BCUT2D eigenvalue weighted by Crippen LogP contribution is -2.32. The second-order valence-electron chi connectivity index (χ2n) is 9.42. The number of carbonyl (C=O) groups excluding carboxylic acids is 2. The van der Waals surface area contributed by atoms with Crippen LogP contribution in [0.5, 0.6) is 0 Å². The highest BCUT2D eigenvalue weighted by Crippen LogP contribution is 2.40. The van der Waals surface area contributed by atoms with Crippen molar-refractivity contribution in [1.82, 2.24) is 30.4 Å². The SMILES string of the molecule is CCC(C)NC(=O)c1cccc(CNC(=O)c2cc(C3CC3)nc3c2c(C)nn3-c2ccccn2)c1. The predicted molar refractivity (Wildman–Crippen MR) is 138 cm³/mol. The molecule has 1 aliphatic carbocycles. The number of nitrogens with zero attached hydrogens (tertiary/aromatic N) is 4. The Kier molecular flexibility index (Phi) is 6.50. The summed E-state index contributed by atoms with van der Waals surface area (Å²) in [4.78, 5) is 35.3. The van der Waals surface area contributed by atoms with Crippen LogP contribution in [0.3, 0.4) is 0 Å². The molecule has 1 saturated carbocycles. The number of hydrogen-bond acceptors (Lipinski definition) is 5. The van der Waals surface area contributed by atoms with Crippen LogP contribution in [0.2, 0.25) is 0 Å². The number of aryl methyl sites for hydroxylation is 1. The molecule has 0 radical (unpaired) electrons. The van der Waals surface area contributed by atoms with E-state index in [9.17, 15) is 9.59 Å². The summed E-state index contributed by atoms with van der Waals surface area (Å²) in [6, 6.07) is 15.0. The first kappa shape index (κ1) is 23.7. The molecule has 8 heteroatoms. The highest BCUT2D eigenvalue weighted by molar-refractivity contribution is 6.06. The van der Waals surface area contributed by atoms with Gasteiger partial charge in [0.2, 0.25) is 0 Å². The lowest BCUT2D eigenvalue weighted by atomic mass is 10.1. The van der Waals surface area contributed by atoms with Gasteiger partial charge in [0.15, 0.2) is 11.5 Å². The van der Waals surface area contributed by atoms with Gasteiger partial charge in [-0.25, -0.2) is 9.97 Å². The fourth-order valence-electron chi connectivity index (χ4n) is 4.22. The highest BCUT2D eigenvalue weighted by Gasteiger charge is 2.29. The summed E-state index contributed by atoms with van der Waals surface area (Å²) in [5.41, 5.74) is 4.27. The molecule has 3 aromatic heterocycles. The minimum absolute atomic E-state index is 0.103.